The van der Waals surface area contributed by atoms with Crippen molar-refractivity contribution in [3.05, 3.63) is 65.5 Å². The van der Waals surface area contributed by atoms with E-state index in [-0.39, 0.29) is 36.2 Å². The molecule has 0 fully saturated rings. The number of anilines is 2. The number of hydrogen-bond acceptors (Lipinski definition) is 7. The van der Waals surface area contributed by atoms with E-state index >= 15 is 0 Å². The summed E-state index contributed by atoms with van der Waals surface area (Å²) in [6.07, 6.45) is 3.71. The van der Waals surface area contributed by atoms with Gasteiger partial charge < -0.3 is 19.4 Å². The molecule has 2 aromatic carbocycles. The van der Waals surface area contributed by atoms with Crippen LogP contribution in [0.2, 0.25) is 18.6 Å². The van der Waals surface area contributed by atoms with Crippen LogP contribution in [0, 0.1) is 5.92 Å². The Hall–Kier alpha value is -3.05. The molecule has 0 saturated heterocycles. The quantitative estimate of drug-likeness (QED) is 0.385. The number of aromatic nitrogens is 3. The zero-order chi connectivity index (χ0) is 27.7. The molecule has 3 heterocycles. The normalized spacial score (nSPS) is 21.7. The fourth-order valence-corrected chi connectivity index (χ4v) is 8.09. The Morgan fingerprint density at radius 1 is 1.21 bits per heavy atom. The zero-order valence-corrected chi connectivity index (χ0v) is 24.1. The SMILES string of the molecule is CO[C@H]1c2cc(N3C(=O)CCc4ccccc43)ccc2O[C@@H](C(CCn2cc(CCO)nn2)[Si](C)(C)O)[C@@H]1C. The number of para-hydroxylation sites is 1. The number of aliphatic hydroxyl groups is 1. The number of nitrogens with zero attached hydrogens (tertiary/aromatic N) is 4. The molecule has 1 unspecified atom stereocenters. The number of hydrogen-bond donors (Lipinski definition) is 2. The first-order chi connectivity index (χ1) is 18.7. The van der Waals surface area contributed by atoms with Gasteiger partial charge in [-0.3, -0.25) is 14.4 Å². The molecule has 0 radical (unpaired) electrons. The molecule has 208 valence electrons. The molecule has 1 amide bonds. The van der Waals surface area contributed by atoms with Crippen LogP contribution in [0.5, 0.6) is 5.75 Å². The van der Waals surface area contributed by atoms with E-state index in [4.69, 9.17) is 9.47 Å². The fourth-order valence-electron chi connectivity index (χ4n) is 6.08. The van der Waals surface area contributed by atoms with Gasteiger partial charge >= 0.3 is 0 Å². The maximum absolute atomic E-state index is 13.0. The van der Waals surface area contributed by atoms with Gasteiger partial charge in [-0.25, -0.2) is 0 Å². The number of carbonyl (C=O) groups excluding carboxylic acids is 1. The lowest BCUT2D eigenvalue weighted by Gasteiger charge is -2.44. The number of amides is 1. The highest BCUT2D eigenvalue weighted by molar-refractivity contribution is 6.71. The second kappa shape index (κ2) is 11.2. The summed E-state index contributed by atoms with van der Waals surface area (Å²) in [5.74, 6) is 0.765. The number of fused-ring (bicyclic) bond motifs is 2. The molecule has 3 aromatic rings. The van der Waals surface area contributed by atoms with Gasteiger partial charge in [-0.1, -0.05) is 30.3 Å². The third kappa shape index (κ3) is 5.51. The van der Waals surface area contributed by atoms with Gasteiger partial charge in [-0.2, -0.15) is 0 Å². The molecule has 1 aromatic heterocycles. The van der Waals surface area contributed by atoms with E-state index in [2.05, 4.69) is 23.3 Å². The average Bonchev–Trinajstić information content (AvgIpc) is 3.35. The van der Waals surface area contributed by atoms with Gasteiger partial charge in [0.1, 0.15) is 11.9 Å². The lowest BCUT2D eigenvalue weighted by atomic mass is 9.86. The Bertz CT molecular complexity index is 1320. The highest BCUT2D eigenvalue weighted by Crippen LogP contribution is 2.48. The highest BCUT2D eigenvalue weighted by atomic mass is 28.4. The number of aliphatic hydroxyl groups excluding tert-OH is 1. The Morgan fingerprint density at radius 3 is 2.74 bits per heavy atom. The third-order valence-electron chi connectivity index (χ3n) is 8.09. The Morgan fingerprint density at radius 2 is 2.00 bits per heavy atom. The van der Waals surface area contributed by atoms with Crippen molar-refractivity contribution in [3.8, 4) is 5.75 Å². The van der Waals surface area contributed by atoms with Crippen molar-refractivity contribution < 1.29 is 24.2 Å². The molecule has 2 aliphatic rings. The van der Waals surface area contributed by atoms with Crippen LogP contribution >= 0.6 is 0 Å². The van der Waals surface area contributed by atoms with Gasteiger partial charge in [0.15, 0.2) is 8.32 Å². The first kappa shape index (κ1) is 27.5. The number of ether oxygens (including phenoxy) is 2. The Labute approximate surface area is 230 Å². The largest absolute Gasteiger partial charge is 0.490 e. The summed E-state index contributed by atoms with van der Waals surface area (Å²) < 4.78 is 14.5. The molecular weight excluding hydrogens is 512 g/mol. The van der Waals surface area contributed by atoms with Crippen LogP contribution in [0.15, 0.2) is 48.7 Å². The van der Waals surface area contributed by atoms with Gasteiger partial charge in [0.2, 0.25) is 5.91 Å². The van der Waals surface area contributed by atoms with Gasteiger partial charge in [-0.15, -0.1) is 5.10 Å². The van der Waals surface area contributed by atoms with Crippen LogP contribution in [0.3, 0.4) is 0 Å². The second-order valence-corrected chi connectivity index (χ2v) is 15.2. The van der Waals surface area contributed by atoms with Gasteiger partial charge in [0.05, 0.1) is 17.5 Å². The van der Waals surface area contributed by atoms with Crippen molar-refractivity contribution in [3.63, 3.8) is 0 Å². The van der Waals surface area contributed by atoms with Crippen molar-refractivity contribution in [1.29, 1.82) is 0 Å². The van der Waals surface area contributed by atoms with Crippen LogP contribution in [-0.2, 0) is 28.9 Å². The minimum Gasteiger partial charge on any atom is -0.490 e. The summed E-state index contributed by atoms with van der Waals surface area (Å²) in [5.41, 5.74) is 4.47. The van der Waals surface area contributed by atoms with Gasteiger partial charge in [0.25, 0.3) is 0 Å². The molecule has 9 nitrogen and oxygen atoms in total. The van der Waals surface area contributed by atoms with Gasteiger partial charge in [-0.05, 0) is 55.8 Å². The number of benzene rings is 2. The monoisotopic (exact) mass is 550 g/mol. The zero-order valence-electron chi connectivity index (χ0n) is 23.1. The summed E-state index contributed by atoms with van der Waals surface area (Å²) in [6, 6.07) is 13.9. The van der Waals surface area contributed by atoms with E-state index in [0.717, 1.165) is 40.4 Å². The molecule has 0 spiro atoms. The maximum Gasteiger partial charge on any atom is 0.231 e. The first-order valence-corrected chi connectivity index (χ1v) is 16.7. The van der Waals surface area contributed by atoms with Crippen molar-refractivity contribution in [2.45, 2.75) is 70.0 Å². The van der Waals surface area contributed by atoms with E-state index in [1.165, 1.54) is 0 Å². The topological polar surface area (TPSA) is 110 Å². The van der Waals surface area contributed by atoms with E-state index in [1.54, 1.807) is 16.7 Å². The minimum atomic E-state index is -2.66. The number of aryl methyl sites for hydroxylation is 2. The molecule has 2 aliphatic heterocycles. The molecule has 5 rings (SSSR count). The lowest BCUT2D eigenvalue weighted by Crippen LogP contribution is -2.48. The predicted molar refractivity (Wildman–Crippen MR) is 151 cm³/mol. The second-order valence-electron chi connectivity index (χ2n) is 11.2. The average molecular weight is 551 g/mol. The summed E-state index contributed by atoms with van der Waals surface area (Å²) in [6.45, 7) is 6.63. The van der Waals surface area contributed by atoms with E-state index < -0.39 is 8.32 Å². The van der Waals surface area contributed by atoms with E-state index in [9.17, 15) is 14.7 Å². The highest BCUT2D eigenvalue weighted by Gasteiger charge is 2.46. The summed E-state index contributed by atoms with van der Waals surface area (Å²) in [5, 5.41) is 17.5. The fraction of sp³-hybridized carbons (Fsp3) is 0.483. The standard InChI is InChI=1S/C29H38N4O5Si/c1-19-28(37-2)23-17-22(33-24-8-6-5-7-20(24)9-12-27(33)35)10-11-25(23)38-29(19)26(39(3,4)36)13-15-32-18-21(14-16-34)30-31-32/h5-8,10-11,17-19,26,28-29,34,36H,9,12-16H2,1-4H3/t19-,26?,28-,29-/m1/s1. The van der Waals surface area contributed by atoms with Crippen molar-refractivity contribution in [2.75, 3.05) is 18.6 Å². The first-order valence-electron chi connectivity index (χ1n) is 13.7. The molecule has 0 bridgehead atoms. The smallest absolute Gasteiger partial charge is 0.231 e. The number of rotatable bonds is 9. The summed E-state index contributed by atoms with van der Waals surface area (Å²) >= 11 is 0. The molecular formula is C29H38N4O5Si. The summed E-state index contributed by atoms with van der Waals surface area (Å²) in [4.78, 5) is 26.2. The van der Waals surface area contributed by atoms with Crippen LogP contribution in [0.1, 0.15) is 42.7 Å². The van der Waals surface area contributed by atoms with E-state index in [1.807, 2.05) is 55.7 Å². The van der Waals surface area contributed by atoms with Crippen molar-refractivity contribution in [2.24, 2.45) is 5.92 Å². The predicted octanol–water partition coefficient (Wildman–Crippen LogP) is 4.17. The Kier molecular flexibility index (Phi) is 7.91. The van der Waals surface area contributed by atoms with Crippen molar-refractivity contribution in [1.82, 2.24) is 15.0 Å². The molecule has 0 aliphatic carbocycles. The lowest BCUT2D eigenvalue weighted by molar-refractivity contribution is -0.118. The molecule has 2 N–H and O–H groups in total. The molecule has 39 heavy (non-hydrogen) atoms. The summed E-state index contributed by atoms with van der Waals surface area (Å²) in [7, 11) is -0.959. The maximum atomic E-state index is 13.0. The van der Waals surface area contributed by atoms with Crippen molar-refractivity contribution >= 4 is 25.6 Å². The van der Waals surface area contributed by atoms with Crippen LogP contribution < -0.4 is 9.64 Å². The van der Waals surface area contributed by atoms with Gasteiger partial charge in [0, 0.05) is 62.0 Å². The number of carbonyl (C=O) groups is 1. The van der Waals surface area contributed by atoms with E-state index in [0.29, 0.717) is 25.8 Å². The number of methoxy groups -OCH3 is 1. The Balaban J connectivity index is 1.43. The van der Waals surface area contributed by atoms with Crippen LogP contribution in [-0.4, -0.2) is 58.9 Å². The van der Waals surface area contributed by atoms with Crippen LogP contribution in [0.4, 0.5) is 11.4 Å². The molecule has 10 heteroatoms. The third-order valence-corrected chi connectivity index (χ3v) is 10.5. The molecule has 0 saturated carbocycles. The molecule has 4 atom stereocenters. The van der Waals surface area contributed by atoms with Crippen LogP contribution in [0.25, 0.3) is 0 Å². The minimum absolute atomic E-state index is 0.0310.